The molecule has 1 aliphatic carbocycles. The number of rotatable bonds is 1. The van der Waals surface area contributed by atoms with E-state index in [9.17, 15) is 0 Å². The lowest BCUT2D eigenvalue weighted by Crippen LogP contribution is -1.95. The Bertz CT molecular complexity index is 631. The predicted octanol–water partition coefficient (Wildman–Crippen LogP) is 4.93. The standard InChI is InChI=1S/C18H18/c1-12-9-16-13(2)11-14(3)18(17(16)10-12)15-7-5-4-6-8-15/h4-8,10-11H,9H2,1-3H3. The third kappa shape index (κ3) is 1.69. The summed E-state index contributed by atoms with van der Waals surface area (Å²) in [4.78, 5) is 0. The molecule has 3 rings (SSSR count). The van der Waals surface area contributed by atoms with Crippen LogP contribution >= 0.6 is 0 Å². The van der Waals surface area contributed by atoms with E-state index in [1.54, 1.807) is 0 Å². The van der Waals surface area contributed by atoms with Gasteiger partial charge in [-0.15, -0.1) is 0 Å². The van der Waals surface area contributed by atoms with E-state index in [0.29, 0.717) is 0 Å². The van der Waals surface area contributed by atoms with Gasteiger partial charge in [-0.3, -0.25) is 0 Å². The van der Waals surface area contributed by atoms with Crippen LogP contribution in [0.4, 0.5) is 0 Å². The molecule has 0 heterocycles. The maximum absolute atomic E-state index is 2.36. The second-order valence-corrected chi connectivity index (χ2v) is 5.31. The molecule has 90 valence electrons. The summed E-state index contributed by atoms with van der Waals surface area (Å²) in [5, 5.41) is 0. The van der Waals surface area contributed by atoms with Gasteiger partial charge in [0.2, 0.25) is 0 Å². The van der Waals surface area contributed by atoms with Crippen molar-refractivity contribution in [3.8, 4) is 11.1 Å². The second-order valence-electron chi connectivity index (χ2n) is 5.31. The van der Waals surface area contributed by atoms with E-state index in [1.807, 2.05) is 0 Å². The highest BCUT2D eigenvalue weighted by Gasteiger charge is 2.18. The van der Waals surface area contributed by atoms with Crippen molar-refractivity contribution < 1.29 is 0 Å². The molecule has 0 heteroatoms. The molecule has 0 radical (unpaired) electrons. The normalized spacial score (nSPS) is 13.4. The lowest BCUT2D eigenvalue weighted by molar-refractivity contribution is 1.15. The van der Waals surface area contributed by atoms with Gasteiger partial charge in [0.1, 0.15) is 0 Å². The Morgan fingerprint density at radius 2 is 1.61 bits per heavy atom. The zero-order valence-corrected chi connectivity index (χ0v) is 11.2. The van der Waals surface area contributed by atoms with Gasteiger partial charge in [0.05, 0.1) is 0 Å². The van der Waals surface area contributed by atoms with Crippen LogP contribution in [0.5, 0.6) is 0 Å². The third-order valence-corrected chi connectivity index (χ3v) is 3.81. The van der Waals surface area contributed by atoms with Gasteiger partial charge < -0.3 is 0 Å². The maximum Gasteiger partial charge on any atom is -0.00577 e. The van der Waals surface area contributed by atoms with Crippen LogP contribution in [0.15, 0.2) is 42.0 Å². The molecule has 0 fully saturated rings. The molecule has 18 heavy (non-hydrogen) atoms. The van der Waals surface area contributed by atoms with Gasteiger partial charge in [0.15, 0.2) is 0 Å². The molecule has 2 aromatic carbocycles. The fourth-order valence-corrected chi connectivity index (χ4v) is 3.02. The van der Waals surface area contributed by atoms with Crippen molar-refractivity contribution in [2.75, 3.05) is 0 Å². The van der Waals surface area contributed by atoms with Crippen molar-refractivity contribution in [1.82, 2.24) is 0 Å². The molecule has 0 amide bonds. The van der Waals surface area contributed by atoms with E-state index in [2.05, 4.69) is 63.2 Å². The fourth-order valence-electron chi connectivity index (χ4n) is 3.02. The number of benzene rings is 2. The van der Waals surface area contributed by atoms with Crippen LogP contribution in [-0.2, 0) is 6.42 Å². The monoisotopic (exact) mass is 234 g/mol. The average molecular weight is 234 g/mol. The van der Waals surface area contributed by atoms with Crippen LogP contribution in [0.2, 0.25) is 0 Å². The summed E-state index contributed by atoms with van der Waals surface area (Å²) in [6.07, 6.45) is 3.47. The van der Waals surface area contributed by atoms with Crippen molar-refractivity contribution in [3.63, 3.8) is 0 Å². The Morgan fingerprint density at radius 3 is 2.33 bits per heavy atom. The lowest BCUT2D eigenvalue weighted by Gasteiger charge is -2.14. The molecule has 0 nitrogen and oxygen atoms in total. The first-order valence-electron chi connectivity index (χ1n) is 6.52. The number of fused-ring (bicyclic) bond motifs is 1. The summed E-state index contributed by atoms with van der Waals surface area (Å²) in [5.74, 6) is 0. The van der Waals surface area contributed by atoms with Crippen LogP contribution in [-0.4, -0.2) is 0 Å². The number of hydrogen-bond donors (Lipinski definition) is 0. The summed E-state index contributed by atoms with van der Waals surface area (Å²) in [6, 6.07) is 13.1. The van der Waals surface area contributed by atoms with E-state index in [0.717, 1.165) is 6.42 Å². The van der Waals surface area contributed by atoms with Crippen molar-refractivity contribution >= 4 is 6.08 Å². The quantitative estimate of drug-likeness (QED) is 0.656. The van der Waals surface area contributed by atoms with Crippen LogP contribution < -0.4 is 0 Å². The van der Waals surface area contributed by atoms with Crippen molar-refractivity contribution in [2.24, 2.45) is 0 Å². The fraction of sp³-hybridized carbons (Fsp3) is 0.222. The molecule has 1 aliphatic rings. The molecule has 0 atom stereocenters. The van der Waals surface area contributed by atoms with E-state index >= 15 is 0 Å². The van der Waals surface area contributed by atoms with Gasteiger partial charge >= 0.3 is 0 Å². The van der Waals surface area contributed by atoms with Crippen molar-refractivity contribution in [2.45, 2.75) is 27.2 Å². The Morgan fingerprint density at radius 1 is 0.889 bits per heavy atom. The molecule has 0 saturated carbocycles. The van der Waals surface area contributed by atoms with Gasteiger partial charge in [0.25, 0.3) is 0 Å². The zero-order valence-electron chi connectivity index (χ0n) is 11.2. The SMILES string of the molecule is CC1=Cc2c(c(C)cc(C)c2-c2ccccc2)C1. The van der Waals surface area contributed by atoms with Crippen LogP contribution in [0, 0.1) is 13.8 Å². The molecule has 0 aliphatic heterocycles. The number of hydrogen-bond acceptors (Lipinski definition) is 0. The average Bonchev–Trinajstić information content (AvgIpc) is 2.72. The summed E-state index contributed by atoms with van der Waals surface area (Å²) in [6.45, 7) is 6.67. The Labute approximate surface area is 109 Å². The summed E-state index contributed by atoms with van der Waals surface area (Å²) < 4.78 is 0. The minimum absolute atomic E-state index is 1.11. The number of aryl methyl sites for hydroxylation is 2. The molecule has 0 spiro atoms. The van der Waals surface area contributed by atoms with Gasteiger partial charge in [-0.25, -0.2) is 0 Å². The molecule has 0 saturated heterocycles. The molecule has 0 aromatic heterocycles. The van der Waals surface area contributed by atoms with E-state index < -0.39 is 0 Å². The van der Waals surface area contributed by atoms with Gasteiger partial charge in [-0.05, 0) is 60.6 Å². The highest BCUT2D eigenvalue weighted by molar-refractivity contribution is 5.83. The van der Waals surface area contributed by atoms with Gasteiger partial charge in [-0.2, -0.15) is 0 Å². The summed E-state index contributed by atoms with van der Waals surface area (Å²) >= 11 is 0. The van der Waals surface area contributed by atoms with Crippen LogP contribution in [0.3, 0.4) is 0 Å². The lowest BCUT2D eigenvalue weighted by atomic mass is 9.90. The molecular formula is C18H18. The topological polar surface area (TPSA) is 0 Å². The molecule has 0 N–H and O–H groups in total. The molecular weight excluding hydrogens is 216 g/mol. The van der Waals surface area contributed by atoms with Crippen LogP contribution in [0.1, 0.15) is 29.2 Å². The Balaban J connectivity index is 2.31. The Kier molecular flexibility index (Phi) is 2.59. The minimum Gasteiger partial charge on any atom is -0.0683 e. The molecule has 0 bridgehead atoms. The van der Waals surface area contributed by atoms with Crippen LogP contribution in [0.25, 0.3) is 17.2 Å². The summed E-state index contributed by atoms with van der Waals surface area (Å²) in [7, 11) is 0. The molecule has 0 unspecified atom stereocenters. The largest absolute Gasteiger partial charge is 0.0683 e. The highest BCUT2D eigenvalue weighted by atomic mass is 14.2. The molecule has 2 aromatic rings. The Hall–Kier alpha value is -1.82. The first-order valence-corrected chi connectivity index (χ1v) is 6.52. The van der Waals surface area contributed by atoms with Crippen molar-refractivity contribution in [3.05, 3.63) is 64.2 Å². The predicted molar refractivity (Wildman–Crippen MR) is 78.7 cm³/mol. The first-order chi connectivity index (χ1) is 8.66. The first kappa shape index (κ1) is 11.3. The smallest absolute Gasteiger partial charge is 0.00577 e. The zero-order chi connectivity index (χ0) is 12.7. The van der Waals surface area contributed by atoms with Gasteiger partial charge in [0, 0.05) is 0 Å². The third-order valence-electron chi connectivity index (χ3n) is 3.81. The van der Waals surface area contributed by atoms with Gasteiger partial charge in [-0.1, -0.05) is 48.0 Å². The van der Waals surface area contributed by atoms with E-state index in [4.69, 9.17) is 0 Å². The maximum atomic E-state index is 2.36. The minimum atomic E-state index is 1.11. The second kappa shape index (κ2) is 4.13. The van der Waals surface area contributed by atoms with E-state index in [-0.39, 0.29) is 0 Å². The number of allylic oxidation sites excluding steroid dienone is 1. The van der Waals surface area contributed by atoms with Crippen molar-refractivity contribution in [1.29, 1.82) is 0 Å². The van der Waals surface area contributed by atoms with E-state index in [1.165, 1.54) is 39.0 Å². The highest BCUT2D eigenvalue weighted by Crippen LogP contribution is 2.38. The summed E-state index contributed by atoms with van der Waals surface area (Å²) in [5.41, 5.74) is 9.97.